The van der Waals surface area contributed by atoms with E-state index in [0.29, 0.717) is 16.7 Å². The van der Waals surface area contributed by atoms with E-state index in [1.165, 1.54) is 17.3 Å². The van der Waals surface area contributed by atoms with E-state index in [2.05, 4.69) is 43.7 Å². The molecule has 0 saturated carbocycles. The fraction of sp³-hybridized carbons (Fsp3) is 0.333. The topological polar surface area (TPSA) is 98.1 Å². The van der Waals surface area contributed by atoms with Gasteiger partial charge in [-0.05, 0) is 61.7 Å². The Balaban J connectivity index is 1.47. The van der Waals surface area contributed by atoms with Gasteiger partial charge in [-0.3, -0.25) is 9.59 Å². The minimum absolute atomic E-state index is 0.137. The van der Waals surface area contributed by atoms with Crippen LogP contribution in [0.15, 0.2) is 52.1 Å². The van der Waals surface area contributed by atoms with Gasteiger partial charge in [0.25, 0.3) is 5.91 Å². The average Bonchev–Trinajstić information content (AvgIpc) is 3.18. The molecule has 0 aliphatic rings. The molecule has 2 N–H and O–H groups in total. The van der Waals surface area contributed by atoms with E-state index in [1.54, 1.807) is 18.5 Å². The molecule has 1 atom stereocenters. The summed E-state index contributed by atoms with van der Waals surface area (Å²) in [5.41, 5.74) is 2.99. The van der Waals surface area contributed by atoms with Crippen LogP contribution < -0.4 is 15.4 Å². The van der Waals surface area contributed by atoms with Gasteiger partial charge in [-0.15, -0.1) is 10.2 Å². The lowest BCUT2D eigenvalue weighted by Crippen LogP contribution is -2.36. The molecule has 0 fully saturated rings. The second kappa shape index (κ2) is 12.0. The number of thioether (sulfide) groups is 1. The van der Waals surface area contributed by atoms with Crippen LogP contribution >= 0.6 is 27.7 Å². The highest BCUT2D eigenvalue weighted by Crippen LogP contribution is 2.21. The van der Waals surface area contributed by atoms with E-state index < -0.39 is 6.10 Å². The first kappa shape index (κ1) is 25.8. The molecule has 180 valence electrons. The normalized spacial score (nSPS) is 11.7. The molecule has 0 spiro atoms. The molecular formula is C24H28BrN5O3S. The molecule has 0 radical (unpaired) electrons. The van der Waals surface area contributed by atoms with E-state index >= 15 is 0 Å². The maximum atomic E-state index is 12.4. The monoisotopic (exact) mass is 545 g/mol. The van der Waals surface area contributed by atoms with Crippen molar-refractivity contribution in [2.75, 3.05) is 11.1 Å². The second-order valence-electron chi connectivity index (χ2n) is 7.73. The number of rotatable bonds is 10. The molecule has 0 saturated heterocycles. The minimum atomic E-state index is -0.652. The summed E-state index contributed by atoms with van der Waals surface area (Å²) in [7, 11) is 1.80. The van der Waals surface area contributed by atoms with Gasteiger partial charge in [0.15, 0.2) is 17.1 Å². The third kappa shape index (κ3) is 7.07. The number of hydrogen-bond donors (Lipinski definition) is 2. The van der Waals surface area contributed by atoms with Crippen LogP contribution in [0.25, 0.3) is 0 Å². The fourth-order valence-corrected chi connectivity index (χ4v) is 4.02. The summed E-state index contributed by atoms with van der Waals surface area (Å²) in [4.78, 5) is 24.7. The first-order chi connectivity index (χ1) is 16.3. The standard InChI is InChI=1S/C24H28BrN5O3S/c1-5-17-6-9-19(10-7-17)33-16(3)23(32)26-13-21-28-29-24(30(21)4)34-14-22(31)27-18-8-11-20(25)15(2)12-18/h6-12,16H,5,13-14H2,1-4H3,(H,26,32)(H,27,31)/t16-/m0/s1. The molecule has 2 aromatic carbocycles. The summed E-state index contributed by atoms with van der Waals surface area (Å²) >= 11 is 4.73. The Morgan fingerprint density at radius 3 is 2.59 bits per heavy atom. The number of nitrogens with zero attached hydrogens (tertiary/aromatic N) is 3. The van der Waals surface area contributed by atoms with Crippen LogP contribution in [0.2, 0.25) is 0 Å². The van der Waals surface area contributed by atoms with E-state index in [9.17, 15) is 9.59 Å². The lowest BCUT2D eigenvalue weighted by Gasteiger charge is -2.15. The van der Waals surface area contributed by atoms with Crippen molar-refractivity contribution >= 4 is 45.2 Å². The Labute approximate surface area is 212 Å². The highest BCUT2D eigenvalue weighted by Gasteiger charge is 2.17. The predicted octanol–water partition coefficient (Wildman–Crippen LogP) is 4.26. The van der Waals surface area contributed by atoms with Gasteiger partial charge in [-0.1, -0.05) is 46.7 Å². The van der Waals surface area contributed by atoms with Gasteiger partial charge in [0.2, 0.25) is 5.91 Å². The van der Waals surface area contributed by atoms with E-state index in [-0.39, 0.29) is 24.1 Å². The molecule has 3 rings (SSSR count). The van der Waals surface area contributed by atoms with Gasteiger partial charge in [0.05, 0.1) is 12.3 Å². The third-order valence-corrected chi connectivity index (χ3v) is 7.04. The maximum absolute atomic E-state index is 12.4. The highest BCUT2D eigenvalue weighted by atomic mass is 79.9. The molecule has 10 heteroatoms. The highest BCUT2D eigenvalue weighted by molar-refractivity contribution is 9.10. The largest absolute Gasteiger partial charge is 0.481 e. The quantitative estimate of drug-likeness (QED) is 0.369. The van der Waals surface area contributed by atoms with Crippen molar-refractivity contribution in [2.24, 2.45) is 7.05 Å². The smallest absolute Gasteiger partial charge is 0.261 e. The first-order valence-corrected chi connectivity index (χ1v) is 12.6. The van der Waals surface area contributed by atoms with Crippen molar-refractivity contribution in [1.29, 1.82) is 0 Å². The van der Waals surface area contributed by atoms with Crippen molar-refractivity contribution in [3.63, 3.8) is 0 Å². The van der Waals surface area contributed by atoms with Crippen molar-refractivity contribution in [2.45, 2.75) is 45.0 Å². The number of ether oxygens (including phenoxy) is 1. The minimum Gasteiger partial charge on any atom is -0.481 e. The number of hydrogen-bond acceptors (Lipinski definition) is 6. The van der Waals surface area contributed by atoms with Gasteiger partial charge in [-0.25, -0.2) is 0 Å². The molecular weight excluding hydrogens is 518 g/mol. The molecule has 2 amide bonds. The third-order valence-electron chi connectivity index (χ3n) is 5.13. The van der Waals surface area contributed by atoms with E-state index in [1.807, 2.05) is 49.4 Å². The molecule has 34 heavy (non-hydrogen) atoms. The van der Waals surface area contributed by atoms with Crippen molar-refractivity contribution in [3.8, 4) is 5.75 Å². The Kier molecular flexibility index (Phi) is 9.12. The zero-order chi connectivity index (χ0) is 24.7. The van der Waals surface area contributed by atoms with Gasteiger partial charge in [0.1, 0.15) is 5.75 Å². The van der Waals surface area contributed by atoms with Crippen LogP contribution in [-0.2, 0) is 29.6 Å². The number of carbonyl (C=O) groups excluding carboxylic acids is 2. The van der Waals surface area contributed by atoms with Gasteiger partial charge >= 0.3 is 0 Å². The van der Waals surface area contributed by atoms with Crippen LogP contribution in [0.3, 0.4) is 0 Å². The molecule has 0 bridgehead atoms. The number of carbonyl (C=O) groups is 2. The second-order valence-corrected chi connectivity index (χ2v) is 9.53. The molecule has 0 unspecified atom stereocenters. The predicted molar refractivity (Wildman–Crippen MR) is 137 cm³/mol. The maximum Gasteiger partial charge on any atom is 0.261 e. The number of nitrogens with one attached hydrogen (secondary N) is 2. The van der Waals surface area contributed by atoms with Crippen molar-refractivity contribution < 1.29 is 14.3 Å². The summed E-state index contributed by atoms with van der Waals surface area (Å²) < 4.78 is 8.47. The lowest BCUT2D eigenvalue weighted by molar-refractivity contribution is -0.127. The number of amides is 2. The van der Waals surface area contributed by atoms with Crippen molar-refractivity contribution in [3.05, 3.63) is 63.9 Å². The number of anilines is 1. The summed E-state index contributed by atoms with van der Waals surface area (Å²) in [5.74, 6) is 1.03. The Morgan fingerprint density at radius 1 is 1.18 bits per heavy atom. The van der Waals surface area contributed by atoms with E-state index in [0.717, 1.165) is 22.1 Å². The van der Waals surface area contributed by atoms with E-state index in [4.69, 9.17) is 4.74 Å². The Bertz CT molecular complexity index is 1150. The van der Waals surface area contributed by atoms with Crippen LogP contribution in [0.4, 0.5) is 5.69 Å². The molecule has 1 heterocycles. The SMILES string of the molecule is CCc1ccc(O[C@@H](C)C(=O)NCc2nnc(SCC(=O)Nc3ccc(Br)c(C)c3)n2C)cc1. The lowest BCUT2D eigenvalue weighted by atomic mass is 10.2. The van der Waals surface area contributed by atoms with Gasteiger partial charge < -0.3 is 19.9 Å². The first-order valence-electron chi connectivity index (χ1n) is 10.9. The van der Waals surface area contributed by atoms with Crippen molar-refractivity contribution in [1.82, 2.24) is 20.1 Å². The number of aryl methyl sites for hydroxylation is 2. The van der Waals surface area contributed by atoms with Crippen LogP contribution in [0, 0.1) is 6.92 Å². The van der Waals surface area contributed by atoms with Gasteiger partial charge in [0, 0.05) is 17.2 Å². The molecule has 0 aliphatic carbocycles. The summed E-state index contributed by atoms with van der Waals surface area (Å²) in [6, 6.07) is 13.3. The fourth-order valence-electron chi connectivity index (χ4n) is 3.05. The molecule has 8 nitrogen and oxygen atoms in total. The Hall–Kier alpha value is -2.85. The molecule has 0 aliphatic heterocycles. The number of halogens is 1. The summed E-state index contributed by atoms with van der Waals surface area (Å²) in [6.07, 6.45) is 0.296. The molecule has 1 aromatic heterocycles. The summed E-state index contributed by atoms with van der Waals surface area (Å²) in [6.45, 7) is 5.95. The molecule has 3 aromatic rings. The zero-order valence-electron chi connectivity index (χ0n) is 19.6. The van der Waals surface area contributed by atoms with Crippen LogP contribution in [0.5, 0.6) is 5.75 Å². The van der Waals surface area contributed by atoms with Crippen LogP contribution in [0.1, 0.15) is 30.8 Å². The zero-order valence-corrected chi connectivity index (χ0v) is 22.0. The Morgan fingerprint density at radius 2 is 1.91 bits per heavy atom. The van der Waals surface area contributed by atoms with Crippen LogP contribution in [-0.4, -0.2) is 38.4 Å². The number of aromatic nitrogens is 3. The number of benzene rings is 2. The summed E-state index contributed by atoms with van der Waals surface area (Å²) in [5, 5.41) is 14.6. The van der Waals surface area contributed by atoms with Gasteiger partial charge in [-0.2, -0.15) is 0 Å². The average molecular weight is 546 g/mol.